The molecule has 0 spiro atoms. The zero-order valence-electron chi connectivity index (χ0n) is 14.8. The minimum atomic E-state index is 0.329. The van der Waals surface area contributed by atoms with Crippen LogP contribution in [-0.2, 0) is 4.79 Å². The second kappa shape index (κ2) is 9.42. The van der Waals surface area contributed by atoms with Crippen LogP contribution in [0.1, 0.15) is 47.5 Å². The first-order valence-corrected chi connectivity index (χ1v) is 8.64. The van der Waals surface area contributed by atoms with Gasteiger partial charge in [-0.3, -0.25) is 14.6 Å². The number of likely N-dealkylation sites (tertiary alicyclic amines) is 1. The van der Waals surface area contributed by atoms with Gasteiger partial charge in [-0.25, -0.2) is 0 Å². The monoisotopic (exact) mass is 297 g/mol. The van der Waals surface area contributed by atoms with E-state index < -0.39 is 0 Å². The summed E-state index contributed by atoms with van der Waals surface area (Å²) in [5.41, 5.74) is 0. The topological polar surface area (TPSA) is 26.8 Å². The molecule has 0 atom stereocenters. The van der Waals surface area contributed by atoms with Gasteiger partial charge in [-0.15, -0.1) is 0 Å². The average Bonchev–Trinajstić information content (AvgIpc) is 2.91. The van der Waals surface area contributed by atoms with Crippen molar-refractivity contribution in [3.63, 3.8) is 0 Å². The Kier molecular flexibility index (Phi) is 8.27. The molecule has 1 amide bonds. The average molecular weight is 297 g/mol. The number of carbonyl (C=O) groups excluding carboxylic acids is 1. The van der Waals surface area contributed by atoms with Gasteiger partial charge < -0.3 is 4.90 Å². The standard InChI is InChI=1S/C13H25N3O.C4H10/c1-12(2)15-7-9-16(10-8-15)13(17)11-14-5-3-4-6-14;1-4(2)3/h12H,3-11H2,1-2H3;4H,1-3H3. The van der Waals surface area contributed by atoms with E-state index in [0.29, 0.717) is 18.5 Å². The van der Waals surface area contributed by atoms with Crippen LogP contribution in [0.2, 0.25) is 0 Å². The fourth-order valence-electron chi connectivity index (χ4n) is 2.72. The maximum absolute atomic E-state index is 12.1. The summed E-state index contributed by atoms with van der Waals surface area (Å²) in [6.45, 7) is 17.7. The molecule has 0 N–H and O–H groups in total. The smallest absolute Gasteiger partial charge is 0.236 e. The quantitative estimate of drug-likeness (QED) is 0.800. The van der Waals surface area contributed by atoms with Crippen LogP contribution in [0.25, 0.3) is 0 Å². The maximum Gasteiger partial charge on any atom is 0.236 e. The third kappa shape index (κ3) is 7.28. The lowest BCUT2D eigenvalue weighted by Gasteiger charge is -2.37. The van der Waals surface area contributed by atoms with Crippen molar-refractivity contribution >= 4 is 5.91 Å². The van der Waals surface area contributed by atoms with Crippen molar-refractivity contribution in [3.05, 3.63) is 0 Å². The highest BCUT2D eigenvalue weighted by Crippen LogP contribution is 2.10. The van der Waals surface area contributed by atoms with E-state index in [9.17, 15) is 4.79 Å². The number of amides is 1. The Morgan fingerprint density at radius 1 is 0.857 bits per heavy atom. The molecule has 2 saturated heterocycles. The van der Waals surface area contributed by atoms with Gasteiger partial charge in [0.25, 0.3) is 0 Å². The third-order valence-electron chi connectivity index (χ3n) is 3.95. The van der Waals surface area contributed by atoms with Gasteiger partial charge in [0.15, 0.2) is 0 Å². The Bertz CT molecular complexity index is 288. The van der Waals surface area contributed by atoms with Gasteiger partial charge in [-0.1, -0.05) is 20.8 Å². The van der Waals surface area contributed by atoms with Crippen molar-refractivity contribution in [1.82, 2.24) is 14.7 Å². The molecule has 0 saturated carbocycles. The number of nitrogens with zero attached hydrogens (tertiary/aromatic N) is 3. The van der Waals surface area contributed by atoms with Gasteiger partial charge in [-0.2, -0.15) is 0 Å². The van der Waals surface area contributed by atoms with Gasteiger partial charge in [0.05, 0.1) is 6.54 Å². The Morgan fingerprint density at radius 2 is 1.33 bits per heavy atom. The Morgan fingerprint density at radius 3 is 1.76 bits per heavy atom. The summed E-state index contributed by atoms with van der Waals surface area (Å²) in [5.74, 6) is 1.16. The van der Waals surface area contributed by atoms with E-state index in [0.717, 1.165) is 45.2 Å². The second-order valence-corrected chi connectivity index (χ2v) is 7.23. The zero-order valence-corrected chi connectivity index (χ0v) is 14.8. The normalized spacial score (nSPS) is 20.8. The summed E-state index contributed by atoms with van der Waals surface area (Å²) in [6.07, 6.45) is 2.52. The van der Waals surface area contributed by atoms with Crippen molar-refractivity contribution in [2.45, 2.75) is 53.5 Å². The minimum Gasteiger partial charge on any atom is -0.339 e. The molecule has 0 aromatic carbocycles. The summed E-state index contributed by atoms with van der Waals surface area (Å²) in [5, 5.41) is 0. The lowest BCUT2D eigenvalue weighted by Crippen LogP contribution is -2.52. The van der Waals surface area contributed by atoms with E-state index in [4.69, 9.17) is 0 Å². The molecule has 4 nitrogen and oxygen atoms in total. The highest BCUT2D eigenvalue weighted by Gasteiger charge is 2.24. The molecule has 21 heavy (non-hydrogen) atoms. The van der Waals surface area contributed by atoms with Gasteiger partial charge in [0, 0.05) is 32.2 Å². The molecule has 2 fully saturated rings. The van der Waals surface area contributed by atoms with Gasteiger partial charge in [-0.05, 0) is 45.7 Å². The lowest BCUT2D eigenvalue weighted by molar-refractivity contribution is -0.134. The van der Waals surface area contributed by atoms with Crippen LogP contribution in [0.3, 0.4) is 0 Å². The van der Waals surface area contributed by atoms with Gasteiger partial charge in [0.1, 0.15) is 0 Å². The van der Waals surface area contributed by atoms with Crippen LogP contribution in [-0.4, -0.2) is 72.5 Å². The molecular weight excluding hydrogens is 262 g/mol. The van der Waals surface area contributed by atoms with Crippen LogP contribution in [0.5, 0.6) is 0 Å². The van der Waals surface area contributed by atoms with Gasteiger partial charge >= 0.3 is 0 Å². The fourth-order valence-corrected chi connectivity index (χ4v) is 2.72. The van der Waals surface area contributed by atoms with Crippen LogP contribution in [0, 0.1) is 5.92 Å². The predicted octanol–water partition coefficient (Wildman–Crippen LogP) is 2.30. The van der Waals surface area contributed by atoms with E-state index in [1.807, 2.05) is 4.90 Å². The summed E-state index contributed by atoms with van der Waals surface area (Å²) in [4.78, 5) is 18.9. The molecule has 0 unspecified atom stereocenters. The SMILES string of the molecule is CC(C)C.CC(C)N1CCN(C(=O)CN2CCCC2)CC1. The molecule has 0 aromatic rings. The summed E-state index contributed by atoms with van der Waals surface area (Å²) >= 11 is 0. The number of hydrogen-bond acceptors (Lipinski definition) is 3. The molecule has 124 valence electrons. The van der Waals surface area contributed by atoms with E-state index in [1.54, 1.807) is 0 Å². The number of carbonyl (C=O) groups is 1. The van der Waals surface area contributed by atoms with Gasteiger partial charge in [0.2, 0.25) is 5.91 Å². The van der Waals surface area contributed by atoms with Crippen molar-refractivity contribution in [2.24, 2.45) is 5.92 Å². The maximum atomic E-state index is 12.1. The van der Waals surface area contributed by atoms with Crippen LogP contribution in [0.15, 0.2) is 0 Å². The molecule has 0 radical (unpaired) electrons. The van der Waals surface area contributed by atoms with Crippen molar-refractivity contribution in [3.8, 4) is 0 Å². The van der Waals surface area contributed by atoms with Crippen LogP contribution in [0.4, 0.5) is 0 Å². The van der Waals surface area contributed by atoms with Crippen molar-refractivity contribution in [2.75, 3.05) is 45.8 Å². The molecule has 2 heterocycles. The zero-order chi connectivity index (χ0) is 15.8. The molecule has 0 aliphatic carbocycles. The minimum absolute atomic E-state index is 0.329. The second-order valence-electron chi connectivity index (χ2n) is 7.23. The van der Waals surface area contributed by atoms with Crippen LogP contribution >= 0.6 is 0 Å². The van der Waals surface area contributed by atoms with E-state index in [1.165, 1.54) is 12.8 Å². The molecule has 2 aliphatic rings. The molecule has 0 bridgehead atoms. The Balaban J connectivity index is 0.000000491. The summed E-state index contributed by atoms with van der Waals surface area (Å²) in [7, 11) is 0. The number of piperazine rings is 1. The molecule has 0 aromatic heterocycles. The van der Waals surface area contributed by atoms with E-state index in [2.05, 4.69) is 44.4 Å². The highest BCUT2D eigenvalue weighted by molar-refractivity contribution is 5.78. The summed E-state index contributed by atoms with van der Waals surface area (Å²) in [6, 6.07) is 0.603. The lowest BCUT2D eigenvalue weighted by atomic mass is 10.2. The highest BCUT2D eigenvalue weighted by atomic mass is 16.2. The number of hydrogen-bond donors (Lipinski definition) is 0. The predicted molar refractivity (Wildman–Crippen MR) is 89.5 cm³/mol. The van der Waals surface area contributed by atoms with Crippen molar-refractivity contribution in [1.29, 1.82) is 0 Å². The number of rotatable bonds is 3. The van der Waals surface area contributed by atoms with E-state index in [-0.39, 0.29) is 0 Å². The largest absolute Gasteiger partial charge is 0.339 e. The first-order chi connectivity index (χ1) is 9.90. The summed E-state index contributed by atoms with van der Waals surface area (Å²) < 4.78 is 0. The van der Waals surface area contributed by atoms with E-state index >= 15 is 0 Å². The fraction of sp³-hybridized carbons (Fsp3) is 0.941. The molecule has 2 rings (SSSR count). The third-order valence-corrected chi connectivity index (χ3v) is 3.95. The Labute approximate surface area is 131 Å². The molecule has 2 aliphatic heterocycles. The Hall–Kier alpha value is -0.610. The first-order valence-electron chi connectivity index (χ1n) is 8.64. The first kappa shape index (κ1) is 18.4. The molecular formula is C17H35N3O. The molecule has 4 heteroatoms. The van der Waals surface area contributed by atoms with Crippen LogP contribution < -0.4 is 0 Å². The van der Waals surface area contributed by atoms with Crippen molar-refractivity contribution < 1.29 is 4.79 Å².